The summed E-state index contributed by atoms with van der Waals surface area (Å²) in [6.07, 6.45) is 4.15. The van der Waals surface area contributed by atoms with E-state index < -0.39 is 0 Å². The summed E-state index contributed by atoms with van der Waals surface area (Å²) >= 11 is 0. The first kappa shape index (κ1) is 16.7. The van der Waals surface area contributed by atoms with Crippen molar-refractivity contribution in [1.82, 2.24) is 0 Å². The largest absolute Gasteiger partial charge is 0.458 e. The van der Waals surface area contributed by atoms with Gasteiger partial charge in [0.15, 0.2) is 0 Å². The van der Waals surface area contributed by atoms with E-state index in [1.165, 1.54) is 17.2 Å². The first-order chi connectivity index (χ1) is 12.3. The zero-order valence-electron chi connectivity index (χ0n) is 14.0. The summed E-state index contributed by atoms with van der Waals surface area (Å²) in [4.78, 5) is 11.8. The van der Waals surface area contributed by atoms with Crippen molar-refractivity contribution in [3.63, 3.8) is 0 Å². The summed E-state index contributed by atoms with van der Waals surface area (Å²) in [7, 11) is 0. The first-order valence-corrected chi connectivity index (χ1v) is 8.31. The zero-order chi connectivity index (χ0) is 17.3. The molecule has 3 rings (SSSR count). The second-order valence-corrected chi connectivity index (χ2v) is 5.83. The number of benzene rings is 3. The average Bonchev–Trinajstić information content (AvgIpc) is 2.67. The molecule has 3 aromatic rings. The molecule has 25 heavy (non-hydrogen) atoms. The molecule has 2 nitrogen and oxygen atoms in total. The van der Waals surface area contributed by atoms with Gasteiger partial charge in [-0.05, 0) is 34.8 Å². The molecule has 0 fully saturated rings. The van der Waals surface area contributed by atoms with Crippen LogP contribution in [0.4, 0.5) is 0 Å². The van der Waals surface area contributed by atoms with Crippen LogP contribution >= 0.6 is 0 Å². The molecule has 3 aromatic carbocycles. The highest BCUT2D eigenvalue weighted by molar-refractivity contribution is 5.87. The lowest BCUT2D eigenvalue weighted by atomic mass is 10.0. The Kier molecular flexibility index (Phi) is 5.78. The van der Waals surface area contributed by atoms with E-state index in [-0.39, 0.29) is 5.97 Å². The number of rotatable bonds is 6. The maximum absolute atomic E-state index is 11.8. The summed E-state index contributed by atoms with van der Waals surface area (Å²) in [5.41, 5.74) is 4.49. The molecule has 2 heteroatoms. The number of carbonyl (C=O) groups is 1. The Balaban J connectivity index is 1.52. The van der Waals surface area contributed by atoms with Crippen molar-refractivity contribution in [2.45, 2.75) is 13.0 Å². The SMILES string of the molecule is O=C(C=Cc1ccc(Cc2ccccc2)cc1)OCc1ccccc1. The summed E-state index contributed by atoms with van der Waals surface area (Å²) in [6.45, 7) is 0.292. The third-order valence-corrected chi connectivity index (χ3v) is 3.87. The van der Waals surface area contributed by atoms with Gasteiger partial charge < -0.3 is 4.74 Å². The van der Waals surface area contributed by atoms with E-state index in [1.807, 2.05) is 60.7 Å². The van der Waals surface area contributed by atoms with Crippen molar-refractivity contribution in [3.05, 3.63) is 113 Å². The summed E-state index contributed by atoms with van der Waals surface area (Å²) < 4.78 is 5.23. The Bertz CT molecular complexity index is 819. The fourth-order valence-electron chi connectivity index (χ4n) is 2.52. The predicted octanol–water partition coefficient (Wildman–Crippen LogP) is 5.03. The van der Waals surface area contributed by atoms with Gasteiger partial charge in [0.25, 0.3) is 0 Å². The molecule has 0 aliphatic heterocycles. The van der Waals surface area contributed by atoms with Crippen LogP contribution in [-0.2, 0) is 22.6 Å². The molecule has 0 aliphatic carbocycles. The van der Waals surface area contributed by atoms with Crippen LogP contribution < -0.4 is 0 Å². The van der Waals surface area contributed by atoms with Crippen molar-refractivity contribution in [1.29, 1.82) is 0 Å². The molecule has 0 bridgehead atoms. The van der Waals surface area contributed by atoms with Gasteiger partial charge >= 0.3 is 5.97 Å². The third kappa shape index (κ3) is 5.47. The standard InChI is InChI=1S/C23H20O2/c24-23(25-18-22-9-5-2-6-10-22)16-15-19-11-13-21(14-12-19)17-20-7-3-1-4-8-20/h1-16H,17-18H2. The van der Waals surface area contributed by atoms with Gasteiger partial charge in [-0.1, -0.05) is 84.9 Å². The summed E-state index contributed by atoms with van der Waals surface area (Å²) in [6, 6.07) is 28.2. The van der Waals surface area contributed by atoms with Gasteiger partial charge in [0.1, 0.15) is 6.61 Å². The van der Waals surface area contributed by atoms with Crippen LogP contribution in [0.5, 0.6) is 0 Å². The lowest BCUT2D eigenvalue weighted by Crippen LogP contribution is -2.00. The molecule has 0 saturated carbocycles. The van der Waals surface area contributed by atoms with E-state index in [4.69, 9.17) is 4.74 Å². The van der Waals surface area contributed by atoms with Gasteiger partial charge in [0.05, 0.1) is 0 Å². The number of esters is 1. The van der Waals surface area contributed by atoms with Crippen LogP contribution in [0.1, 0.15) is 22.3 Å². The average molecular weight is 328 g/mol. The second-order valence-electron chi connectivity index (χ2n) is 5.83. The molecule has 124 valence electrons. The van der Waals surface area contributed by atoms with Crippen molar-refractivity contribution in [2.75, 3.05) is 0 Å². The molecule has 0 spiro atoms. The smallest absolute Gasteiger partial charge is 0.331 e. The zero-order valence-corrected chi connectivity index (χ0v) is 14.0. The molecule has 0 N–H and O–H groups in total. The second kappa shape index (κ2) is 8.65. The minimum Gasteiger partial charge on any atom is -0.458 e. The molecular weight excluding hydrogens is 308 g/mol. The van der Waals surface area contributed by atoms with E-state index in [1.54, 1.807) is 6.08 Å². The molecule has 0 saturated heterocycles. The highest BCUT2D eigenvalue weighted by Gasteiger charge is 1.99. The molecular formula is C23H20O2. The van der Waals surface area contributed by atoms with Crippen LogP contribution in [0.3, 0.4) is 0 Å². The topological polar surface area (TPSA) is 26.3 Å². The molecule has 0 aliphatic rings. The fraction of sp³-hybridized carbons (Fsp3) is 0.0870. The van der Waals surface area contributed by atoms with Crippen LogP contribution in [0.2, 0.25) is 0 Å². The van der Waals surface area contributed by atoms with Crippen LogP contribution in [-0.4, -0.2) is 5.97 Å². The first-order valence-electron chi connectivity index (χ1n) is 8.31. The molecule has 0 unspecified atom stereocenters. The lowest BCUT2D eigenvalue weighted by molar-refractivity contribution is -0.138. The highest BCUT2D eigenvalue weighted by Crippen LogP contribution is 2.12. The minimum absolute atomic E-state index is 0.292. The highest BCUT2D eigenvalue weighted by atomic mass is 16.5. The van der Waals surface area contributed by atoms with Crippen molar-refractivity contribution in [2.24, 2.45) is 0 Å². The maximum Gasteiger partial charge on any atom is 0.331 e. The Labute approximate surface area is 148 Å². The Morgan fingerprint density at radius 1 is 0.720 bits per heavy atom. The van der Waals surface area contributed by atoms with Gasteiger partial charge in [-0.25, -0.2) is 4.79 Å². The van der Waals surface area contributed by atoms with Crippen molar-refractivity contribution < 1.29 is 9.53 Å². The normalized spacial score (nSPS) is 10.7. The molecule has 0 radical (unpaired) electrons. The van der Waals surface area contributed by atoms with Crippen LogP contribution in [0.15, 0.2) is 91.0 Å². The summed E-state index contributed by atoms with van der Waals surface area (Å²) in [5, 5.41) is 0. The van der Waals surface area contributed by atoms with Crippen LogP contribution in [0.25, 0.3) is 6.08 Å². The fourth-order valence-corrected chi connectivity index (χ4v) is 2.52. The molecule has 0 aromatic heterocycles. The van der Waals surface area contributed by atoms with Gasteiger partial charge in [-0.2, -0.15) is 0 Å². The van der Waals surface area contributed by atoms with Crippen molar-refractivity contribution >= 4 is 12.0 Å². The van der Waals surface area contributed by atoms with Gasteiger partial charge in [-0.3, -0.25) is 0 Å². The summed E-state index contributed by atoms with van der Waals surface area (Å²) in [5.74, 6) is -0.336. The van der Waals surface area contributed by atoms with Gasteiger partial charge in [0.2, 0.25) is 0 Å². The Hall–Kier alpha value is -3.13. The van der Waals surface area contributed by atoms with E-state index >= 15 is 0 Å². The Morgan fingerprint density at radius 3 is 1.92 bits per heavy atom. The number of carbonyl (C=O) groups excluding carboxylic acids is 1. The lowest BCUT2D eigenvalue weighted by Gasteiger charge is -2.03. The van der Waals surface area contributed by atoms with Crippen LogP contribution in [0, 0.1) is 0 Å². The van der Waals surface area contributed by atoms with E-state index in [9.17, 15) is 4.79 Å². The number of hydrogen-bond donors (Lipinski definition) is 0. The third-order valence-electron chi connectivity index (χ3n) is 3.87. The van der Waals surface area contributed by atoms with Gasteiger partial charge in [0, 0.05) is 6.08 Å². The van der Waals surface area contributed by atoms with Gasteiger partial charge in [-0.15, -0.1) is 0 Å². The predicted molar refractivity (Wildman–Crippen MR) is 101 cm³/mol. The number of hydrogen-bond acceptors (Lipinski definition) is 2. The molecule has 0 amide bonds. The molecule has 0 heterocycles. The quantitative estimate of drug-likeness (QED) is 0.468. The minimum atomic E-state index is -0.336. The molecule has 0 atom stereocenters. The van der Waals surface area contributed by atoms with E-state index in [2.05, 4.69) is 24.3 Å². The van der Waals surface area contributed by atoms with E-state index in [0.29, 0.717) is 6.61 Å². The monoisotopic (exact) mass is 328 g/mol. The maximum atomic E-state index is 11.8. The Morgan fingerprint density at radius 2 is 1.28 bits per heavy atom. The van der Waals surface area contributed by atoms with Crippen molar-refractivity contribution in [3.8, 4) is 0 Å². The van der Waals surface area contributed by atoms with E-state index in [0.717, 1.165) is 17.5 Å². The number of ether oxygens (including phenoxy) is 1.